The van der Waals surface area contributed by atoms with Gasteiger partial charge in [-0.05, 0) is 32.0 Å². The largest absolute Gasteiger partial charge is 0.380 e. The van der Waals surface area contributed by atoms with Gasteiger partial charge in [-0.2, -0.15) is 0 Å². The normalized spacial score (nSPS) is 12.9. The fourth-order valence-electron chi connectivity index (χ4n) is 2.02. The zero-order valence-corrected chi connectivity index (χ0v) is 12.5. The third kappa shape index (κ3) is 4.27. The molecule has 4 heteroatoms. The van der Waals surface area contributed by atoms with Gasteiger partial charge in [0.05, 0.1) is 21.8 Å². The van der Waals surface area contributed by atoms with Crippen molar-refractivity contribution in [1.82, 2.24) is 10.3 Å². The zero-order valence-electron chi connectivity index (χ0n) is 11.7. The Morgan fingerprint density at radius 1 is 1.32 bits per heavy atom. The van der Waals surface area contributed by atoms with Gasteiger partial charge in [0, 0.05) is 19.1 Å². The van der Waals surface area contributed by atoms with Crippen LogP contribution in [-0.2, 0) is 11.2 Å². The van der Waals surface area contributed by atoms with Gasteiger partial charge < -0.3 is 10.1 Å². The monoisotopic (exact) mass is 278 g/mol. The van der Waals surface area contributed by atoms with Gasteiger partial charge in [0.1, 0.15) is 0 Å². The molecule has 1 unspecified atom stereocenters. The van der Waals surface area contributed by atoms with Crippen molar-refractivity contribution in [3.05, 3.63) is 29.3 Å². The molecule has 1 heterocycles. The lowest BCUT2D eigenvalue weighted by molar-refractivity contribution is 0.122. The summed E-state index contributed by atoms with van der Waals surface area (Å²) in [5.74, 6) is 0. The lowest BCUT2D eigenvalue weighted by atomic mass is 10.2. The molecule has 2 aromatic rings. The van der Waals surface area contributed by atoms with E-state index >= 15 is 0 Å². The zero-order chi connectivity index (χ0) is 13.5. The Hall–Kier alpha value is -0.970. The number of hydrogen-bond acceptors (Lipinski definition) is 4. The van der Waals surface area contributed by atoms with Crippen molar-refractivity contribution in [2.75, 3.05) is 19.8 Å². The second kappa shape index (κ2) is 7.58. The number of benzene rings is 1. The van der Waals surface area contributed by atoms with Crippen LogP contribution in [0.15, 0.2) is 24.3 Å². The van der Waals surface area contributed by atoms with E-state index in [2.05, 4.69) is 30.4 Å². The molecule has 0 aliphatic carbocycles. The summed E-state index contributed by atoms with van der Waals surface area (Å²) in [6, 6.07) is 8.68. The van der Waals surface area contributed by atoms with Gasteiger partial charge in [-0.15, -0.1) is 11.3 Å². The summed E-state index contributed by atoms with van der Waals surface area (Å²) >= 11 is 1.79. The Labute approximate surface area is 119 Å². The topological polar surface area (TPSA) is 34.1 Å². The van der Waals surface area contributed by atoms with E-state index in [1.807, 2.05) is 13.0 Å². The minimum atomic E-state index is 0.362. The van der Waals surface area contributed by atoms with Crippen molar-refractivity contribution in [2.45, 2.75) is 32.7 Å². The molecule has 2 rings (SSSR count). The molecule has 19 heavy (non-hydrogen) atoms. The fraction of sp³-hybridized carbons (Fsp3) is 0.533. The Bertz CT molecular complexity index is 457. The summed E-state index contributed by atoms with van der Waals surface area (Å²) in [5.41, 5.74) is 1.10. The van der Waals surface area contributed by atoms with Crippen LogP contribution in [0.2, 0.25) is 0 Å². The molecule has 1 atom stereocenters. The van der Waals surface area contributed by atoms with Crippen LogP contribution in [0.1, 0.15) is 25.3 Å². The highest BCUT2D eigenvalue weighted by atomic mass is 32.1. The molecular weight excluding hydrogens is 256 g/mol. The molecule has 0 saturated carbocycles. The van der Waals surface area contributed by atoms with Gasteiger partial charge >= 0.3 is 0 Å². The molecule has 0 amide bonds. The van der Waals surface area contributed by atoms with Gasteiger partial charge in [0.15, 0.2) is 0 Å². The summed E-state index contributed by atoms with van der Waals surface area (Å²) < 4.78 is 6.82. The standard InChI is InChI=1S/C15H22N2OS/c1-3-9-16-12(11-18-4-2)10-15-17-13-7-5-6-8-14(13)19-15/h5-8,12,16H,3-4,9-11H2,1-2H3. The van der Waals surface area contributed by atoms with Crippen molar-refractivity contribution in [1.29, 1.82) is 0 Å². The average molecular weight is 278 g/mol. The number of para-hydroxylation sites is 1. The maximum Gasteiger partial charge on any atom is 0.0955 e. The van der Waals surface area contributed by atoms with E-state index in [1.54, 1.807) is 11.3 Å². The molecule has 3 nitrogen and oxygen atoms in total. The highest BCUT2D eigenvalue weighted by Crippen LogP contribution is 2.22. The van der Waals surface area contributed by atoms with Crippen LogP contribution in [0.3, 0.4) is 0 Å². The van der Waals surface area contributed by atoms with Crippen molar-refractivity contribution in [3.63, 3.8) is 0 Å². The van der Waals surface area contributed by atoms with Crippen LogP contribution < -0.4 is 5.32 Å². The fourth-order valence-corrected chi connectivity index (χ4v) is 3.06. The third-order valence-electron chi connectivity index (χ3n) is 2.97. The first-order chi connectivity index (χ1) is 9.33. The first-order valence-corrected chi connectivity index (χ1v) is 7.80. The highest BCUT2D eigenvalue weighted by Gasteiger charge is 2.12. The first kappa shape index (κ1) is 14.4. The predicted octanol–water partition coefficient (Wildman–Crippen LogP) is 3.24. The minimum Gasteiger partial charge on any atom is -0.380 e. The number of fused-ring (bicyclic) bond motifs is 1. The Kier molecular flexibility index (Phi) is 5.76. The third-order valence-corrected chi connectivity index (χ3v) is 4.02. The maximum atomic E-state index is 5.55. The molecule has 0 aliphatic heterocycles. The maximum absolute atomic E-state index is 5.55. The van der Waals surface area contributed by atoms with E-state index in [9.17, 15) is 0 Å². The summed E-state index contributed by atoms with van der Waals surface area (Å²) in [6.07, 6.45) is 2.09. The van der Waals surface area contributed by atoms with E-state index in [0.29, 0.717) is 6.04 Å². The number of nitrogens with one attached hydrogen (secondary N) is 1. The lowest BCUT2D eigenvalue weighted by Gasteiger charge is -2.16. The van der Waals surface area contributed by atoms with Crippen molar-refractivity contribution in [3.8, 4) is 0 Å². The number of hydrogen-bond donors (Lipinski definition) is 1. The van der Waals surface area contributed by atoms with Crippen LogP contribution in [0, 0.1) is 0 Å². The van der Waals surface area contributed by atoms with E-state index in [0.717, 1.165) is 38.1 Å². The summed E-state index contributed by atoms with van der Waals surface area (Å²) in [7, 11) is 0. The van der Waals surface area contributed by atoms with Crippen LogP contribution in [-0.4, -0.2) is 30.8 Å². The average Bonchev–Trinajstić information content (AvgIpc) is 2.84. The molecule has 0 aliphatic rings. The lowest BCUT2D eigenvalue weighted by Crippen LogP contribution is -2.36. The highest BCUT2D eigenvalue weighted by molar-refractivity contribution is 7.18. The van der Waals surface area contributed by atoms with Crippen LogP contribution >= 0.6 is 11.3 Å². The predicted molar refractivity (Wildman–Crippen MR) is 81.9 cm³/mol. The van der Waals surface area contributed by atoms with Crippen LogP contribution in [0.4, 0.5) is 0 Å². The molecule has 1 N–H and O–H groups in total. The van der Waals surface area contributed by atoms with Crippen molar-refractivity contribution in [2.24, 2.45) is 0 Å². The second-order valence-electron chi connectivity index (χ2n) is 4.59. The number of nitrogens with zero attached hydrogens (tertiary/aromatic N) is 1. The van der Waals surface area contributed by atoms with E-state index in [-0.39, 0.29) is 0 Å². The summed E-state index contributed by atoms with van der Waals surface area (Å²) in [6.45, 7) is 6.77. The van der Waals surface area contributed by atoms with Crippen molar-refractivity contribution >= 4 is 21.6 Å². The van der Waals surface area contributed by atoms with E-state index < -0.39 is 0 Å². The first-order valence-electron chi connectivity index (χ1n) is 6.99. The van der Waals surface area contributed by atoms with Gasteiger partial charge in [-0.1, -0.05) is 19.1 Å². The molecule has 0 fully saturated rings. The van der Waals surface area contributed by atoms with Crippen molar-refractivity contribution < 1.29 is 4.74 Å². The smallest absolute Gasteiger partial charge is 0.0955 e. The summed E-state index contributed by atoms with van der Waals surface area (Å²) in [4.78, 5) is 4.69. The van der Waals surface area contributed by atoms with Gasteiger partial charge in [0.2, 0.25) is 0 Å². The van der Waals surface area contributed by atoms with E-state index in [1.165, 1.54) is 9.71 Å². The van der Waals surface area contributed by atoms with Crippen LogP contribution in [0.5, 0.6) is 0 Å². The van der Waals surface area contributed by atoms with Gasteiger partial charge in [-0.25, -0.2) is 4.98 Å². The number of aromatic nitrogens is 1. The Morgan fingerprint density at radius 3 is 2.89 bits per heavy atom. The quantitative estimate of drug-likeness (QED) is 0.805. The Morgan fingerprint density at radius 2 is 2.16 bits per heavy atom. The molecule has 0 saturated heterocycles. The SMILES string of the molecule is CCCNC(COCC)Cc1nc2ccccc2s1. The molecule has 0 bridgehead atoms. The summed E-state index contributed by atoms with van der Waals surface area (Å²) in [5, 5.41) is 4.73. The molecule has 0 spiro atoms. The number of rotatable bonds is 8. The molecular formula is C15H22N2OS. The second-order valence-corrected chi connectivity index (χ2v) is 5.71. The number of ether oxygens (including phenoxy) is 1. The molecule has 1 aromatic heterocycles. The minimum absolute atomic E-state index is 0.362. The van der Waals surface area contributed by atoms with E-state index in [4.69, 9.17) is 9.72 Å². The van der Waals surface area contributed by atoms with Gasteiger partial charge in [-0.3, -0.25) is 0 Å². The number of thiazole rings is 1. The Balaban J connectivity index is 2.01. The van der Waals surface area contributed by atoms with Crippen LogP contribution in [0.25, 0.3) is 10.2 Å². The molecule has 1 aromatic carbocycles. The van der Waals surface area contributed by atoms with Gasteiger partial charge in [0.25, 0.3) is 0 Å². The molecule has 104 valence electrons. The molecule has 0 radical (unpaired) electrons.